The number of carbonyl (C=O) groups excluding carboxylic acids is 2. The highest BCUT2D eigenvalue weighted by molar-refractivity contribution is 5.81. The Hall–Kier alpha value is -1.52. The van der Waals surface area contributed by atoms with Crippen molar-refractivity contribution in [3.05, 3.63) is 12.7 Å². The van der Waals surface area contributed by atoms with Gasteiger partial charge in [0, 0.05) is 25.1 Å². The highest BCUT2D eigenvalue weighted by atomic mass is 16.6. The van der Waals surface area contributed by atoms with Crippen molar-refractivity contribution < 1.29 is 14.3 Å². The Morgan fingerprint density at radius 2 is 1.75 bits per heavy atom. The Kier molecular flexibility index (Phi) is 6.28. The number of nitrogens with one attached hydrogen (secondary N) is 2. The largest absolute Gasteiger partial charge is 0.456 e. The van der Waals surface area contributed by atoms with Gasteiger partial charge in [-0.1, -0.05) is 54.5 Å². The van der Waals surface area contributed by atoms with Gasteiger partial charge >= 0.3 is 12.0 Å². The van der Waals surface area contributed by atoms with Crippen molar-refractivity contribution in [2.45, 2.75) is 79.8 Å². The van der Waals surface area contributed by atoms with E-state index in [-0.39, 0.29) is 28.7 Å². The number of hydrogen-bond acceptors (Lipinski definition) is 3. The third kappa shape index (κ3) is 4.72. The summed E-state index contributed by atoms with van der Waals surface area (Å²) in [5.41, 5.74) is -0.0236. The van der Waals surface area contributed by atoms with E-state index in [1.807, 2.05) is 6.92 Å². The van der Waals surface area contributed by atoms with Crippen LogP contribution in [0.2, 0.25) is 0 Å². The van der Waals surface area contributed by atoms with E-state index in [4.69, 9.17) is 4.74 Å². The molecule has 160 valence electrons. The molecule has 0 spiro atoms. The number of hydrogen-bond donors (Lipinski definition) is 2. The highest BCUT2D eigenvalue weighted by Crippen LogP contribution is 2.61. The third-order valence-electron chi connectivity index (χ3n) is 7.85. The average molecular weight is 393 g/mol. The summed E-state index contributed by atoms with van der Waals surface area (Å²) in [5.74, 6) is 0.527. The zero-order valence-electron chi connectivity index (χ0n) is 18.9. The predicted molar refractivity (Wildman–Crippen MR) is 113 cm³/mol. The number of carbonyl (C=O) groups is 2. The number of ether oxygens (including phenoxy) is 1. The summed E-state index contributed by atoms with van der Waals surface area (Å²) < 4.78 is 5.53. The van der Waals surface area contributed by atoms with Gasteiger partial charge in [0.05, 0.1) is 0 Å². The summed E-state index contributed by atoms with van der Waals surface area (Å²) in [4.78, 5) is 24.0. The van der Waals surface area contributed by atoms with Crippen LogP contribution in [0, 0.1) is 28.1 Å². The first kappa shape index (κ1) is 22.8. The molecule has 0 aliphatic heterocycles. The van der Waals surface area contributed by atoms with Gasteiger partial charge in [0.1, 0.15) is 5.60 Å². The topological polar surface area (TPSA) is 67.4 Å². The van der Waals surface area contributed by atoms with Crippen molar-refractivity contribution >= 4 is 12.0 Å². The van der Waals surface area contributed by atoms with Gasteiger partial charge in [0.25, 0.3) is 0 Å². The molecule has 0 radical (unpaired) electrons. The second-order valence-corrected chi connectivity index (χ2v) is 10.5. The summed E-state index contributed by atoms with van der Waals surface area (Å²) in [6.45, 7) is 20.2. The lowest BCUT2D eigenvalue weighted by Gasteiger charge is -2.31. The molecule has 5 unspecified atom stereocenters. The van der Waals surface area contributed by atoms with Crippen molar-refractivity contribution in [2.75, 3.05) is 13.1 Å². The molecule has 2 fully saturated rings. The van der Waals surface area contributed by atoms with Crippen LogP contribution in [0.3, 0.4) is 0 Å². The lowest BCUT2D eigenvalue weighted by molar-refractivity contribution is -0.145. The average Bonchev–Trinajstić information content (AvgIpc) is 3.53. The lowest BCUT2D eigenvalue weighted by Crippen LogP contribution is -2.45. The van der Waals surface area contributed by atoms with E-state index >= 15 is 0 Å². The van der Waals surface area contributed by atoms with Crippen LogP contribution in [-0.4, -0.2) is 30.7 Å². The second-order valence-electron chi connectivity index (χ2n) is 10.5. The Labute approximate surface area is 171 Å². The zero-order chi connectivity index (χ0) is 21.4. The van der Waals surface area contributed by atoms with E-state index in [9.17, 15) is 9.59 Å². The van der Waals surface area contributed by atoms with Gasteiger partial charge in [-0.2, -0.15) is 0 Å². The smallest absolute Gasteiger partial charge is 0.330 e. The molecular weight excluding hydrogens is 352 g/mol. The maximum absolute atomic E-state index is 12.4. The van der Waals surface area contributed by atoms with Crippen LogP contribution in [0.5, 0.6) is 0 Å². The SMILES string of the molecule is C=CC(=O)OC1(C)CC1C(C)(CC)CNC(=O)NCC1(C)CC1C(C)(C)CC. The minimum atomic E-state index is -0.450. The standard InChI is InChI=1S/C23H40N2O3/c1-9-18(26)28-23(8)13-17(23)21(6,11-3)14-24-19(27)25-15-22(7)12-16(22)20(4,5)10-2/h9,16-17H,1,10-15H2,2-8H3,(H2,24,25,27). The molecule has 5 heteroatoms. The fourth-order valence-electron chi connectivity index (χ4n) is 4.90. The quantitative estimate of drug-likeness (QED) is 0.419. The fraction of sp³-hybridized carbons (Fsp3) is 0.826. The van der Waals surface area contributed by atoms with Gasteiger partial charge in [-0.3, -0.25) is 0 Å². The molecule has 2 amide bonds. The summed E-state index contributed by atoms with van der Waals surface area (Å²) in [7, 11) is 0. The minimum Gasteiger partial charge on any atom is -0.456 e. The normalized spacial score (nSPS) is 33.4. The molecule has 2 rings (SSSR count). The lowest BCUT2D eigenvalue weighted by atomic mass is 9.80. The van der Waals surface area contributed by atoms with Crippen molar-refractivity contribution in [1.82, 2.24) is 10.6 Å². The molecule has 0 heterocycles. The number of amides is 2. The van der Waals surface area contributed by atoms with Gasteiger partial charge in [-0.05, 0) is 48.3 Å². The Bertz CT molecular complexity index is 631. The van der Waals surface area contributed by atoms with Crippen molar-refractivity contribution in [3.63, 3.8) is 0 Å². The number of esters is 1. The van der Waals surface area contributed by atoms with E-state index in [0.29, 0.717) is 24.4 Å². The molecule has 0 aromatic carbocycles. The van der Waals surface area contributed by atoms with E-state index in [1.165, 1.54) is 12.5 Å². The van der Waals surface area contributed by atoms with Gasteiger partial charge in [-0.15, -0.1) is 0 Å². The Balaban J connectivity index is 1.81. The van der Waals surface area contributed by atoms with Gasteiger partial charge in [0.2, 0.25) is 0 Å². The maximum Gasteiger partial charge on any atom is 0.330 e. The summed E-state index contributed by atoms with van der Waals surface area (Å²) >= 11 is 0. The number of rotatable bonds is 10. The van der Waals surface area contributed by atoms with Crippen LogP contribution in [0.25, 0.3) is 0 Å². The zero-order valence-corrected chi connectivity index (χ0v) is 18.9. The third-order valence-corrected chi connectivity index (χ3v) is 7.85. The molecule has 0 aromatic rings. The fourth-order valence-corrected chi connectivity index (χ4v) is 4.90. The van der Waals surface area contributed by atoms with Crippen LogP contribution in [0.4, 0.5) is 4.79 Å². The second kappa shape index (κ2) is 7.72. The van der Waals surface area contributed by atoms with E-state index < -0.39 is 5.60 Å². The van der Waals surface area contributed by atoms with Crippen LogP contribution in [-0.2, 0) is 9.53 Å². The maximum atomic E-state index is 12.4. The molecule has 0 aromatic heterocycles. The van der Waals surface area contributed by atoms with Crippen LogP contribution in [0.1, 0.15) is 74.1 Å². The molecular formula is C23H40N2O3. The first-order chi connectivity index (χ1) is 12.9. The van der Waals surface area contributed by atoms with Crippen LogP contribution < -0.4 is 10.6 Å². The van der Waals surface area contributed by atoms with Gasteiger partial charge < -0.3 is 15.4 Å². The Morgan fingerprint density at radius 1 is 1.11 bits per heavy atom. The van der Waals surface area contributed by atoms with E-state index in [2.05, 4.69) is 58.8 Å². The van der Waals surface area contributed by atoms with Crippen molar-refractivity contribution in [3.8, 4) is 0 Å². The summed E-state index contributed by atoms with van der Waals surface area (Å²) in [5, 5.41) is 6.14. The Morgan fingerprint density at radius 3 is 2.29 bits per heavy atom. The number of urea groups is 1. The molecule has 5 atom stereocenters. The molecule has 2 aliphatic carbocycles. The van der Waals surface area contributed by atoms with Crippen molar-refractivity contribution in [1.29, 1.82) is 0 Å². The molecule has 0 saturated heterocycles. The van der Waals surface area contributed by atoms with E-state index in [1.54, 1.807) is 0 Å². The minimum absolute atomic E-state index is 0.105. The first-order valence-electron chi connectivity index (χ1n) is 10.7. The molecule has 5 nitrogen and oxygen atoms in total. The predicted octanol–water partition coefficient (Wildman–Crippen LogP) is 4.67. The van der Waals surface area contributed by atoms with Gasteiger partial charge in [-0.25, -0.2) is 9.59 Å². The molecule has 2 saturated carbocycles. The molecule has 0 bridgehead atoms. The molecule has 2 N–H and O–H groups in total. The van der Waals surface area contributed by atoms with Gasteiger partial charge in [0.15, 0.2) is 0 Å². The first-order valence-corrected chi connectivity index (χ1v) is 10.7. The summed E-state index contributed by atoms with van der Waals surface area (Å²) in [6.07, 6.45) is 5.28. The van der Waals surface area contributed by atoms with Crippen LogP contribution >= 0.6 is 0 Å². The summed E-state index contributed by atoms with van der Waals surface area (Å²) in [6, 6.07) is -0.105. The monoisotopic (exact) mass is 392 g/mol. The molecule has 2 aliphatic rings. The van der Waals surface area contributed by atoms with E-state index in [0.717, 1.165) is 19.3 Å². The highest BCUT2D eigenvalue weighted by Gasteiger charge is 2.61. The van der Waals surface area contributed by atoms with Crippen LogP contribution in [0.15, 0.2) is 12.7 Å². The van der Waals surface area contributed by atoms with Crippen molar-refractivity contribution in [2.24, 2.45) is 28.1 Å². The molecule has 28 heavy (non-hydrogen) atoms.